The second kappa shape index (κ2) is 5.09. The van der Waals surface area contributed by atoms with Gasteiger partial charge in [0.05, 0.1) is 6.61 Å². The highest BCUT2D eigenvalue weighted by molar-refractivity contribution is 5.29. The number of hydrogen-bond donors (Lipinski definition) is 0. The maximum atomic E-state index is 5.64. The van der Waals surface area contributed by atoms with Crippen molar-refractivity contribution < 1.29 is 9.47 Å². The molecule has 0 aromatic heterocycles. The molecule has 2 fully saturated rings. The summed E-state index contributed by atoms with van der Waals surface area (Å²) in [4.78, 5) is 0. The van der Waals surface area contributed by atoms with Crippen LogP contribution in [0.15, 0.2) is 24.3 Å². The summed E-state index contributed by atoms with van der Waals surface area (Å²) in [5, 5.41) is 0. The van der Waals surface area contributed by atoms with Crippen molar-refractivity contribution in [1.29, 1.82) is 0 Å². The monoisotopic (exact) mass is 231 g/mol. The number of hydrogen-bond acceptors (Lipinski definition) is 2. The smallest absolute Gasteiger partial charge is 0.119 e. The van der Waals surface area contributed by atoms with Crippen LogP contribution in [-0.2, 0) is 4.74 Å². The maximum absolute atomic E-state index is 5.64. The molecular formula is C15H19O2. The molecule has 91 valence electrons. The molecule has 1 unspecified atom stereocenters. The maximum Gasteiger partial charge on any atom is 0.119 e. The average molecular weight is 231 g/mol. The SMILES string of the molecule is [CH]1CCC(c2ccc(OCC3CO3)cc2)CC1. The minimum Gasteiger partial charge on any atom is -0.491 e. The van der Waals surface area contributed by atoms with E-state index in [2.05, 4.69) is 30.7 Å². The Morgan fingerprint density at radius 1 is 1.12 bits per heavy atom. The predicted molar refractivity (Wildman–Crippen MR) is 67.2 cm³/mol. The third kappa shape index (κ3) is 3.01. The van der Waals surface area contributed by atoms with Gasteiger partial charge >= 0.3 is 0 Å². The first-order valence-corrected chi connectivity index (χ1v) is 6.58. The van der Waals surface area contributed by atoms with Crippen molar-refractivity contribution >= 4 is 0 Å². The lowest BCUT2D eigenvalue weighted by Crippen LogP contribution is -2.06. The Hall–Kier alpha value is -1.02. The summed E-state index contributed by atoms with van der Waals surface area (Å²) in [6.45, 7) is 1.55. The van der Waals surface area contributed by atoms with Crippen molar-refractivity contribution in [3.63, 3.8) is 0 Å². The molecule has 1 radical (unpaired) electrons. The Bertz CT molecular complexity index is 348. The molecule has 2 heteroatoms. The quantitative estimate of drug-likeness (QED) is 0.741. The van der Waals surface area contributed by atoms with E-state index in [0.717, 1.165) is 18.3 Å². The molecule has 2 nitrogen and oxygen atoms in total. The molecule has 1 atom stereocenters. The number of ether oxygens (including phenoxy) is 2. The van der Waals surface area contributed by atoms with Crippen LogP contribution in [0.3, 0.4) is 0 Å². The second-order valence-corrected chi connectivity index (χ2v) is 4.98. The van der Waals surface area contributed by atoms with Crippen LogP contribution >= 0.6 is 0 Å². The van der Waals surface area contributed by atoms with Crippen LogP contribution in [0.4, 0.5) is 0 Å². The van der Waals surface area contributed by atoms with Gasteiger partial charge in [-0.1, -0.05) is 12.1 Å². The fourth-order valence-corrected chi connectivity index (χ4v) is 2.45. The Morgan fingerprint density at radius 3 is 2.47 bits per heavy atom. The van der Waals surface area contributed by atoms with Gasteiger partial charge in [-0.15, -0.1) is 0 Å². The standard InChI is InChI=1S/C15H19O2/c1-2-4-12(5-3-1)13-6-8-14(9-7-13)16-10-15-11-17-15/h1,6-9,12,15H,2-5,10-11H2. The van der Waals surface area contributed by atoms with Gasteiger partial charge in [-0.3, -0.25) is 0 Å². The summed E-state index contributed by atoms with van der Waals surface area (Å²) in [6, 6.07) is 8.63. The zero-order valence-electron chi connectivity index (χ0n) is 10.1. The summed E-state index contributed by atoms with van der Waals surface area (Å²) in [5.74, 6) is 1.72. The highest BCUT2D eigenvalue weighted by Crippen LogP contribution is 2.32. The first kappa shape index (κ1) is 11.1. The fourth-order valence-electron chi connectivity index (χ4n) is 2.45. The van der Waals surface area contributed by atoms with Crippen molar-refractivity contribution in [2.75, 3.05) is 13.2 Å². The molecule has 1 aliphatic carbocycles. The van der Waals surface area contributed by atoms with Gasteiger partial charge in [-0.25, -0.2) is 0 Å². The molecule has 1 aromatic rings. The third-order valence-corrected chi connectivity index (χ3v) is 3.63. The van der Waals surface area contributed by atoms with Crippen LogP contribution in [-0.4, -0.2) is 19.3 Å². The van der Waals surface area contributed by atoms with Crippen LogP contribution in [0.2, 0.25) is 0 Å². The zero-order chi connectivity index (χ0) is 11.5. The van der Waals surface area contributed by atoms with Gasteiger partial charge in [0.25, 0.3) is 0 Å². The molecule has 17 heavy (non-hydrogen) atoms. The lowest BCUT2D eigenvalue weighted by Gasteiger charge is -2.21. The Balaban J connectivity index is 1.58. The van der Waals surface area contributed by atoms with Crippen molar-refractivity contribution in [1.82, 2.24) is 0 Å². The van der Waals surface area contributed by atoms with E-state index in [1.165, 1.54) is 31.2 Å². The largest absolute Gasteiger partial charge is 0.491 e. The number of rotatable bonds is 4. The van der Waals surface area contributed by atoms with Crippen LogP contribution in [0, 0.1) is 6.42 Å². The Labute approximate surface area is 103 Å². The third-order valence-electron chi connectivity index (χ3n) is 3.63. The summed E-state index contributed by atoms with van der Waals surface area (Å²) in [6.07, 6.45) is 7.88. The topological polar surface area (TPSA) is 21.8 Å². The molecule has 2 aliphatic rings. The van der Waals surface area contributed by atoms with E-state index >= 15 is 0 Å². The van der Waals surface area contributed by atoms with E-state index in [1.807, 2.05) is 0 Å². The van der Waals surface area contributed by atoms with E-state index in [0.29, 0.717) is 12.7 Å². The summed E-state index contributed by atoms with van der Waals surface area (Å²) in [7, 11) is 0. The first-order valence-electron chi connectivity index (χ1n) is 6.58. The molecule has 1 aromatic carbocycles. The zero-order valence-corrected chi connectivity index (χ0v) is 10.1. The van der Waals surface area contributed by atoms with Crippen LogP contribution in [0.1, 0.15) is 37.2 Å². The summed E-state index contributed by atoms with van der Waals surface area (Å²) in [5.41, 5.74) is 1.47. The highest BCUT2D eigenvalue weighted by atomic mass is 16.6. The van der Waals surface area contributed by atoms with Crippen molar-refractivity contribution in [3.05, 3.63) is 36.2 Å². The average Bonchev–Trinajstić information content (AvgIpc) is 3.22. The van der Waals surface area contributed by atoms with Gasteiger partial charge in [0.1, 0.15) is 18.5 Å². The predicted octanol–water partition coefficient (Wildman–Crippen LogP) is 3.33. The van der Waals surface area contributed by atoms with Gasteiger partial charge in [0, 0.05) is 0 Å². The molecule has 1 saturated heterocycles. The Kier molecular flexibility index (Phi) is 3.32. The minimum absolute atomic E-state index is 0.337. The van der Waals surface area contributed by atoms with Gasteiger partial charge in [-0.2, -0.15) is 0 Å². The molecular weight excluding hydrogens is 212 g/mol. The summed E-state index contributed by atoms with van der Waals surface area (Å²) >= 11 is 0. The van der Waals surface area contributed by atoms with Crippen molar-refractivity contribution in [3.8, 4) is 5.75 Å². The highest BCUT2D eigenvalue weighted by Gasteiger charge is 2.23. The van der Waals surface area contributed by atoms with Gasteiger partial charge in [-0.05, 0) is 55.7 Å². The molecule has 1 heterocycles. The molecule has 1 saturated carbocycles. The number of benzene rings is 1. The van der Waals surface area contributed by atoms with Crippen molar-refractivity contribution in [2.45, 2.75) is 37.7 Å². The first-order chi connectivity index (χ1) is 8.42. The minimum atomic E-state index is 0.337. The van der Waals surface area contributed by atoms with E-state index in [-0.39, 0.29) is 0 Å². The number of epoxide rings is 1. The van der Waals surface area contributed by atoms with E-state index in [9.17, 15) is 0 Å². The van der Waals surface area contributed by atoms with Crippen LogP contribution < -0.4 is 4.74 Å². The lowest BCUT2D eigenvalue weighted by molar-refractivity contribution is 0.263. The summed E-state index contributed by atoms with van der Waals surface area (Å²) < 4.78 is 10.8. The van der Waals surface area contributed by atoms with Crippen LogP contribution in [0.25, 0.3) is 0 Å². The van der Waals surface area contributed by atoms with Gasteiger partial charge in [0.15, 0.2) is 0 Å². The van der Waals surface area contributed by atoms with E-state index in [4.69, 9.17) is 9.47 Å². The van der Waals surface area contributed by atoms with Crippen molar-refractivity contribution in [2.24, 2.45) is 0 Å². The van der Waals surface area contributed by atoms with E-state index in [1.54, 1.807) is 0 Å². The molecule has 3 rings (SSSR count). The molecule has 0 amide bonds. The Morgan fingerprint density at radius 2 is 1.82 bits per heavy atom. The molecule has 0 N–H and O–H groups in total. The molecule has 1 aliphatic heterocycles. The van der Waals surface area contributed by atoms with E-state index < -0.39 is 0 Å². The van der Waals surface area contributed by atoms with Gasteiger partial charge < -0.3 is 9.47 Å². The molecule has 0 bridgehead atoms. The second-order valence-electron chi connectivity index (χ2n) is 4.98. The van der Waals surface area contributed by atoms with Gasteiger partial charge in [0.2, 0.25) is 0 Å². The fraction of sp³-hybridized carbons (Fsp3) is 0.533. The normalized spacial score (nSPS) is 24.6. The van der Waals surface area contributed by atoms with Crippen LogP contribution in [0.5, 0.6) is 5.75 Å². The lowest BCUT2D eigenvalue weighted by atomic mass is 9.84. The molecule has 0 spiro atoms.